The first-order valence-electron chi connectivity index (χ1n) is 6.51. The van der Waals surface area contributed by atoms with E-state index in [1.165, 1.54) is 0 Å². The third kappa shape index (κ3) is 3.69. The number of hydrogen-bond donors (Lipinski definition) is 2. The van der Waals surface area contributed by atoms with Crippen molar-refractivity contribution in [3.8, 4) is 0 Å². The molecule has 2 N–H and O–H groups in total. The second-order valence-corrected chi connectivity index (χ2v) is 5.39. The highest BCUT2D eigenvalue weighted by molar-refractivity contribution is 6.31. The molecule has 0 bridgehead atoms. The molecule has 2 rings (SSSR count). The molecule has 1 heterocycles. The van der Waals surface area contributed by atoms with Gasteiger partial charge >= 0.3 is 0 Å². The highest BCUT2D eigenvalue weighted by Gasteiger charge is 2.25. The number of anilines is 1. The fraction of sp³-hybridized carbons (Fsp3) is 0.500. The smallest absolute Gasteiger partial charge is 0.238 e. The number of hydrogen-bond acceptors (Lipinski definition) is 3. The molecular weight excluding hydrogens is 264 g/mol. The average molecular weight is 283 g/mol. The molecule has 0 aliphatic carbocycles. The lowest BCUT2D eigenvalue weighted by Crippen LogP contribution is -2.38. The van der Waals surface area contributed by atoms with Crippen LogP contribution in [0, 0.1) is 6.92 Å². The Balaban J connectivity index is 1.95. The molecule has 1 fully saturated rings. The molecule has 0 spiro atoms. The number of rotatable bonds is 4. The van der Waals surface area contributed by atoms with Gasteiger partial charge in [0.2, 0.25) is 5.91 Å². The molecule has 4 nitrogen and oxygen atoms in total. The van der Waals surface area contributed by atoms with Gasteiger partial charge in [-0.3, -0.25) is 9.69 Å². The number of carbonyl (C=O) groups is 1. The number of halogens is 1. The second kappa shape index (κ2) is 6.37. The van der Waals surface area contributed by atoms with E-state index in [4.69, 9.17) is 11.6 Å². The maximum absolute atomic E-state index is 12.0. The molecule has 1 saturated heterocycles. The van der Waals surface area contributed by atoms with Gasteiger partial charge in [-0.15, -0.1) is 0 Å². The highest BCUT2D eigenvalue weighted by Crippen LogP contribution is 2.21. The monoisotopic (exact) mass is 282 g/mol. The van der Waals surface area contributed by atoms with Crippen molar-refractivity contribution in [1.29, 1.82) is 0 Å². The van der Waals surface area contributed by atoms with Gasteiger partial charge in [0.1, 0.15) is 0 Å². The number of amides is 1. The van der Waals surface area contributed by atoms with Crippen molar-refractivity contribution in [2.45, 2.75) is 25.8 Å². The van der Waals surface area contributed by atoms with Crippen LogP contribution in [-0.2, 0) is 4.79 Å². The van der Waals surface area contributed by atoms with E-state index in [0.717, 1.165) is 30.6 Å². The Morgan fingerprint density at radius 3 is 3.11 bits per heavy atom. The predicted molar refractivity (Wildman–Crippen MR) is 76.5 cm³/mol. The fourth-order valence-electron chi connectivity index (χ4n) is 2.41. The van der Waals surface area contributed by atoms with Crippen LogP contribution in [0.3, 0.4) is 0 Å². The summed E-state index contributed by atoms with van der Waals surface area (Å²) < 4.78 is 0. The van der Waals surface area contributed by atoms with E-state index in [2.05, 4.69) is 5.32 Å². The van der Waals surface area contributed by atoms with Gasteiger partial charge < -0.3 is 10.4 Å². The molecule has 1 aromatic carbocycles. The summed E-state index contributed by atoms with van der Waals surface area (Å²) >= 11 is 5.92. The molecule has 5 heteroatoms. The van der Waals surface area contributed by atoms with E-state index in [1.807, 2.05) is 17.9 Å². The van der Waals surface area contributed by atoms with E-state index >= 15 is 0 Å². The molecule has 0 saturated carbocycles. The minimum Gasteiger partial charge on any atom is -0.395 e. The zero-order valence-electron chi connectivity index (χ0n) is 11.0. The number of benzene rings is 1. The number of aliphatic hydroxyl groups is 1. The lowest BCUT2D eigenvalue weighted by molar-refractivity contribution is -0.117. The summed E-state index contributed by atoms with van der Waals surface area (Å²) in [7, 11) is 0. The average Bonchev–Trinajstić information content (AvgIpc) is 2.81. The van der Waals surface area contributed by atoms with Crippen LogP contribution >= 0.6 is 11.6 Å². The Morgan fingerprint density at radius 2 is 2.37 bits per heavy atom. The maximum atomic E-state index is 12.0. The summed E-state index contributed by atoms with van der Waals surface area (Å²) in [6, 6.07) is 5.55. The molecule has 0 aromatic heterocycles. The Hall–Kier alpha value is -1.10. The van der Waals surface area contributed by atoms with Crippen LogP contribution in [0.25, 0.3) is 0 Å². The molecule has 1 aromatic rings. The molecule has 0 unspecified atom stereocenters. The molecular formula is C14H19ClN2O2. The quantitative estimate of drug-likeness (QED) is 0.889. The van der Waals surface area contributed by atoms with Gasteiger partial charge in [-0.25, -0.2) is 0 Å². The summed E-state index contributed by atoms with van der Waals surface area (Å²) in [6.45, 7) is 3.23. The Kier molecular flexibility index (Phi) is 4.80. The van der Waals surface area contributed by atoms with E-state index < -0.39 is 0 Å². The first kappa shape index (κ1) is 14.3. The number of nitrogens with zero attached hydrogens (tertiary/aromatic N) is 1. The van der Waals surface area contributed by atoms with Crippen LogP contribution < -0.4 is 5.32 Å². The Morgan fingerprint density at radius 1 is 1.58 bits per heavy atom. The first-order valence-corrected chi connectivity index (χ1v) is 6.89. The lowest BCUT2D eigenvalue weighted by atomic mass is 10.2. The van der Waals surface area contributed by atoms with Crippen LogP contribution in [0.1, 0.15) is 18.4 Å². The lowest BCUT2D eigenvalue weighted by Gasteiger charge is -2.22. The van der Waals surface area contributed by atoms with Gasteiger partial charge in [-0.1, -0.05) is 17.7 Å². The topological polar surface area (TPSA) is 52.6 Å². The van der Waals surface area contributed by atoms with Crippen LogP contribution in [0.4, 0.5) is 5.69 Å². The molecule has 1 atom stereocenters. The molecule has 1 aliphatic rings. The summed E-state index contributed by atoms with van der Waals surface area (Å²) in [5, 5.41) is 12.7. The molecule has 1 amide bonds. The third-order valence-electron chi connectivity index (χ3n) is 3.53. The van der Waals surface area contributed by atoms with Crippen LogP contribution in [-0.4, -0.2) is 41.7 Å². The van der Waals surface area contributed by atoms with Crippen molar-refractivity contribution in [3.05, 3.63) is 28.8 Å². The first-order chi connectivity index (χ1) is 9.10. The van der Waals surface area contributed by atoms with E-state index in [9.17, 15) is 9.90 Å². The van der Waals surface area contributed by atoms with Gasteiger partial charge in [0.15, 0.2) is 0 Å². The van der Waals surface area contributed by atoms with Crippen molar-refractivity contribution < 1.29 is 9.90 Å². The van der Waals surface area contributed by atoms with E-state index in [0.29, 0.717) is 11.6 Å². The number of aliphatic hydroxyl groups excluding tert-OH is 1. The van der Waals surface area contributed by atoms with Crippen molar-refractivity contribution in [1.82, 2.24) is 4.90 Å². The predicted octanol–water partition coefficient (Wildman–Crippen LogP) is 2.04. The minimum absolute atomic E-state index is 0.0642. The van der Waals surface area contributed by atoms with Crippen molar-refractivity contribution in [3.63, 3.8) is 0 Å². The Labute approximate surface area is 118 Å². The highest BCUT2D eigenvalue weighted by atomic mass is 35.5. The van der Waals surface area contributed by atoms with Gasteiger partial charge in [0.05, 0.1) is 13.2 Å². The number of aryl methyl sites for hydroxylation is 1. The molecule has 1 aliphatic heterocycles. The normalized spacial score (nSPS) is 19.6. The SMILES string of the molecule is Cc1ccc(Cl)cc1NC(=O)CN1CCC[C@@H]1CO. The van der Waals surface area contributed by atoms with Gasteiger partial charge in [-0.2, -0.15) is 0 Å². The summed E-state index contributed by atoms with van der Waals surface area (Å²) in [4.78, 5) is 14.0. The van der Waals surface area contributed by atoms with Crippen LogP contribution in [0.5, 0.6) is 0 Å². The van der Waals surface area contributed by atoms with Crippen LogP contribution in [0.2, 0.25) is 5.02 Å². The van der Waals surface area contributed by atoms with Gasteiger partial charge in [0.25, 0.3) is 0 Å². The van der Waals surface area contributed by atoms with Gasteiger partial charge in [0, 0.05) is 16.8 Å². The van der Waals surface area contributed by atoms with E-state index in [1.54, 1.807) is 12.1 Å². The zero-order valence-corrected chi connectivity index (χ0v) is 11.8. The van der Waals surface area contributed by atoms with Crippen LogP contribution in [0.15, 0.2) is 18.2 Å². The second-order valence-electron chi connectivity index (χ2n) is 4.96. The number of carbonyl (C=O) groups excluding carboxylic acids is 1. The maximum Gasteiger partial charge on any atom is 0.238 e. The van der Waals surface area contributed by atoms with Gasteiger partial charge in [-0.05, 0) is 44.0 Å². The van der Waals surface area contributed by atoms with Crippen molar-refractivity contribution >= 4 is 23.2 Å². The zero-order chi connectivity index (χ0) is 13.8. The van der Waals surface area contributed by atoms with E-state index in [-0.39, 0.29) is 18.6 Å². The Bertz CT molecular complexity index is 465. The largest absolute Gasteiger partial charge is 0.395 e. The number of nitrogens with one attached hydrogen (secondary N) is 1. The van der Waals surface area contributed by atoms with Crippen molar-refractivity contribution in [2.24, 2.45) is 0 Å². The summed E-state index contributed by atoms with van der Waals surface area (Å²) in [5.41, 5.74) is 1.73. The minimum atomic E-state index is -0.0642. The summed E-state index contributed by atoms with van der Waals surface area (Å²) in [5.74, 6) is -0.0642. The number of likely N-dealkylation sites (tertiary alicyclic amines) is 1. The fourth-order valence-corrected chi connectivity index (χ4v) is 2.59. The molecule has 104 valence electrons. The standard InChI is InChI=1S/C14H19ClN2O2/c1-10-4-5-11(15)7-13(10)16-14(19)8-17-6-2-3-12(17)9-18/h4-5,7,12,18H,2-3,6,8-9H2,1H3,(H,16,19)/t12-/m1/s1. The van der Waals surface area contributed by atoms with Crippen molar-refractivity contribution in [2.75, 3.05) is 25.0 Å². The molecule has 0 radical (unpaired) electrons. The summed E-state index contributed by atoms with van der Waals surface area (Å²) in [6.07, 6.45) is 1.99. The third-order valence-corrected chi connectivity index (χ3v) is 3.77. The molecule has 19 heavy (non-hydrogen) atoms.